The van der Waals surface area contributed by atoms with Crippen molar-refractivity contribution in [3.05, 3.63) is 83.4 Å². The largest absolute Gasteiger partial charge is 0.454 e. The Bertz CT molecular complexity index is 1070. The van der Waals surface area contributed by atoms with Gasteiger partial charge in [0.2, 0.25) is 6.79 Å². The SMILES string of the molecule is NCc1ccc(-c2cccc(CC(=O)C3(c4ccc5c(c4)OCO5)CC3)c2)cc1. The van der Waals surface area contributed by atoms with Gasteiger partial charge in [-0.3, -0.25) is 4.79 Å². The number of hydrogen-bond acceptors (Lipinski definition) is 4. The van der Waals surface area contributed by atoms with Crippen molar-refractivity contribution < 1.29 is 14.3 Å². The van der Waals surface area contributed by atoms with Gasteiger partial charge in [-0.2, -0.15) is 0 Å². The summed E-state index contributed by atoms with van der Waals surface area (Å²) in [6, 6.07) is 22.4. The molecule has 0 bridgehead atoms. The van der Waals surface area contributed by atoms with E-state index < -0.39 is 0 Å². The maximum absolute atomic E-state index is 13.2. The normalized spacial score (nSPS) is 15.9. The van der Waals surface area contributed by atoms with E-state index in [1.807, 2.05) is 42.5 Å². The average molecular weight is 385 g/mol. The number of ether oxygens (including phenoxy) is 2. The van der Waals surface area contributed by atoms with E-state index in [2.05, 4.69) is 24.3 Å². The molecule has 1 saturated carbocycles. The third-order valence-corrected chi connectivity index (χ3v) is 6.02. The first kappa shape index (κ1) is 18.0. The topological polar surface area (TPSA) is 61.6 Å². The second-order valence-electron chi connectivity index (χ2n) is 7.85. The first-order valence-corrected chi connectivity index (χ1v) is 10.00. The van der Waals surface area contributed by atoms with Crippen LogP contribution in [0.4, 0.5) is 0 Å². The first-order valence-electron chi connectivity index (χ1n) is 10.00. The van der Waals surface area contributed by atoms with Gasteiger partial charge in [-0.1, -0.05) is 54.6 Å². The van der Waals surface area contributed by atoms with Gasteiger partial charge < -0.3 is 15.2 Å². The molecule has 1 aliphatic carbocycles. The van der Waals surface area contributed by atoms with E-state index in [1.165, 1.54) is 0 Å². The highest BCUT2D eigenvalue weighted by Crippen LogP contribution is 2.51. The number of rotatable bonds is 6. The minimum atomic E-state index is -0.375. The Morgan fingerprint density at radius 1 is 0.862 bits per heavy atom. The Kier molecular flexibility index (Phi) is 4.36. The van der Waals surface area contributed by atoms with Crippen LogP contribution >= 0.6 is 0 Å². The second kappa shape index (κ2) is 7.05. The maximum Gasteiger partial charge on any atom is 0.231 e. The van der Waals surface area contributed by atoms with Crippen molar-refractivity contribution in [1.29, 1.82) is 0 Å². The van der Waals surface area contributed by atoms with Gasteiger partial charge in [0.15, 0.2) is 11.5 Å². The second-order valence-corrected chi connectivity index (χ2v) is 7.85. The Balaban J connectivity index is 1.37. The Morgan fingerprint density at radius 2 is 1.66 bits per heavy atom. The predicted octanol–water partition coefficient (Wildman–Crippen LogP) is 4.38. The molecule has 0 amide bonds. The highest BCUT2D eigenvalue weighted by Gasteiger charge is 2.50. The highest BCUT2D eigenvalue weighted by atomic mass is 16.7. The van der Waals surface area contributed by atoms with Crippen LogP contribution in [0.3, 0.4) is 0 Å². The van der Waals surface area contributed by atoms with Crippen LogP contribution in [0.1, 0.15) is 29.5 Å². The summed E-state index contributed by atoms with van der Waals surface area (Å²) < 4.78 is 10.9. The summed E-state index contributed by atoms with van der Waals surface area (Å²) in [4.78, 5) is 13.2. The standard InChI is InChI=1S/C25H23NO3/c26-15-17-4-6-19(7-5-17)20-3-1-2-18(12-20)13-24(27)25(10-11-25)21-8-9-22-23(14-21)29-16-28-22/h1-9,12,14H,10-11,13,15-16,26H2. The molecule has 5 rings (SSSR count). The Morgan fingerprint density at radius 3 is 2.41 bits per heavy atom. The van der Waals surface area contributed by atoms with Gasteiger partial charge in [-0.25, -0.2) is 0 Å². The van der Waals surface area contributed by atoms with E-state index in [1.54, 1.807) is 0 Å². The van der Waals surface area contributed by atoms with E-state index >= 15 is 0 Å². The summed E-state index contributed by atoms with van der Waals surface area (Å²) in [6.07, 6.45) is 2.22. The fourth-order valence-corrected chi connectivity index (χ4v) is 4.10. The fourth-order valence-electron chi connectivity index (χ4n) is 4.10. The molecule has 1 aliphatic heterocycles. The molecule has 0 atom stereocenters. The van der Waals surface area contributed by atoms with Crippen LogP contribution in [0.15, 0.2) is 66.7 Å². The molecule has 4 heteroatoms. The molecule has 1 fully saturated rings. The molecule has 146 valence electrons. The smallest absolute Gasteiger partial charge is 0.231 e. The summed E-state index contributed by atoms with van der Waals surface area (Å²) in [6.45, 7) is 0.787. The third kappa shape index (κ3) is 3.30. The molecule has 1 heterocycles. The molecular formula is C25H23NO3. The Labute approximate surface area is 170 Å². The fraction of sp³-hybridized carbons (Fsp3) is 0.240. The van der Waals surface area contributed by atoms with Crippen molar-refractivity contribution in [3.8, 4) is 22.6 Å². The zero-order valence-corrected chi connectivity index (χ0v) is 16.2. The molecule has 0 aromatic heterocycles. The zero-order chi connectivity index (χ0) is 19.8. The molecule has 29 heavy (non-hydrogen) atoms. The van der Waals surface area contributed by atoms with E-state index in [9.17, 15) is 4.79 Å². The van der Waals surface area contributed by atoms with Crippen molar-refractivity contribution in [2.75, 3.05) is 6.79 Å². The molecule has 3 aromatic rings. The van der Waals surface area contributed by atoms with Crippen LogP contribution in [0, 0.1) is 0 Å². The highest BCUT2D eigenvalue weighted by molar-refractivity contribution is 5.95. The Hall–Kier alpha value is -3.11. The van der Waals surface area contributed by atoms with Gasteiger partial charge in [0.1, 0.15) is 5.78 Å². The number of hydrogen-bond donors (Lipinski definition) is 1. The van der Waals surface area contributed by atoms with Crippen LogP contribution in [0.2, 0.25) is 0 Å². The van der Waals surface area contributed by atoms with Crippen molar-refractivity contribution in [2.45, 2.75) is 31.2 Å². The number of benzene rings is 3. The summed E-state index contributed by atoms with van der Waals surface area (Å²) in [5.74, 6) is 1.77. The zero-order valence-electron chi connectivity index (χ0n) is 16.2. The first-order chi connectivity index (χ1) is 14.2. The third-order valence-electron chi connectivity index (χ3n) is 6.02. The van der Waals surface area contributed by atoms with Gasteiger partial charge in [-0.05, 0) is 52.8 Å². The van der Waals surface area contributed by atoms with Gasteiger partial charge in [0.25, 0.3) is 0 Å². The van der Waals surface area contributed by atoms with Crippen molar-refractivity contribution in [2.24, 2.45) is 5.73 Å². The van der Waals surface area contributed by atoms with Gasteiger partial charge in [0.05, 0.1) is 5.41 Å². The number of fused-ring (bicyclic) bond motifs is 1. The van der Waals surface area contributed by atoms with Crippen molar-refractivity contribution in [3.63, 3.8) is 0 Å². The van der Waals surface area contributed by atoms with Crippen LogP contribution in [-0.4, -0.2) is 12.6 Å². The predicted molar refractivity (Wildman–Crippen MR) is 112 cm³/mol. The van der Waals surface area contributed by atoms with Crippen molar-refractivity contribution in [1.82, 2.24) is 0 Å². The molecule has 3 aromatic carbocycles. The van der Waals surface area contributed by atoms with E-state index in [4.69, 9.17) is 15.2 Å². The van der Waals surface area contributed by atoms with Gasteiger partial charge >= 0.3 is 0 Å². The number of carbonyl (C=O) groups is 1. The molecule has 0 radical (unpaired) electrons. The number of carbonyl (C=O) groups excluding carboxylic acids is 1. The summed E-state index contributed by atoms with van der Waals surface area (Å²) in [5.41, 5.74) is 10.8. The molecule has 2 N–H and O–H groups in total. The van der Waals surface area contributed by atoms with E-state index in [0.717, 1.165) is 52.2 Å². The van der Waals surface area contributed by atoms with E-state index in [-0.39, 0.29) is 18.0 Å². The lowest BCUT2D eigenvalue weighted by Gasteiger charge is -2.15. The van der Waals surface area contributed by atoms with Crippen LogP contribution in [0.5, 0.6) is 11.5 Å². The lowest BCUT2D eigenvalue weighted by molar-refractivity contribution is -0.120. The molecule has 0 unspecified atom stereocenters. The molecule has 0 spiro atoms. The molecule has 2 aliphatic rings. The molecular weight excluding hydrogens is 362 g/mol. The number of nitrogens with two attached hydrogens (primary N) is 1. The van der Waals surface area contributed by atoms with Crippen molar-refractivity contribution >= 4 is 5.78 Å². The molecule has 0 saturated heterocycles. The monoisotopic (exact) mass is 385 g/mol. The maximum atomic E-state index is 13.2. The van der Waals surface area contributed by atoms with Crippen LogP contribution in [0.25, 0.3) is 11.1 Å². The average Bonchev–Trinajstić information content (AvgIpc) is 3.45. The van der Waals surface area contributed by atoms with Crippen LogP contribution < -0.4 is 15.2 Å². The summed E-state index contributed by atoms with van der Waals surface area (Å²) in [7, 11) is 0. The number of Topliss-reactive ketones (excluding diaryl/α,β-unsaturated/α-hetero) is 1. The minimum absolute atomic E-state index is 0.249. The van der Waals surface area contributed by atoms with E-state index in [0.29, 0.717) is 13.0 Å². The number of ketones is 1. The quantitative estimate of drug-likeness (QED) is 0.684. The van der Waals surface area contributed by atoms with Gasteiger partial charge in [0, 0.05) is 13.0 Å². The summed E-state index contributed by atoms with van der Waals surface area (Å²) in [5, 5.41) is 0. The summed E-state index contributed by atoms with van der Waals surface area (Å²) >= 11 is 0. The van der Waals surface area contributed by atoms with Crippen LogP contribution in [-0.2, 0) is 23.2 Å². The lowest BCUT2D eigenvalue weighted by Crippen LogP contribution is -2.22. The lowest BCUT2D eigenvalue weighted by atomic mass is 9.87. The minimum Gasteiger partial charge on any atom is -0.454 e. The molecule has 4 nitrogen and oxygen atoms in total. The van der Waals surface area contributed by atoms with Gasteiger partial charge in [-0.15, -0.1) is 0 Å².